The molecule has 0 amide bonds. The van der Waals surface area contributed by atoms with Crippen LogP contribution in [-0.2, 0) is 24.9 Å². The fraction of sp³-hybridized carbons (Fsp3) is 0.366. The van der Waals surface area contributed by atoms with Gasteiger partial charge >= 0.3 is 183 Å². The third-order valence-corrected chi connectivity index (χ3v) is 13.5. The van der Waals surface area contributed by atoms with Crippen LogP contribution in [0.25, 0.3) is 55.0 Å². The average Bonchev–Trinajstić information content (AvgIpc) is 3.37. The van der Waals surface area contributed by atoms with Gasteiger partial charge in [-0.25, -0.2) is 0 Å². The van der Waals surface area contributed by atoms with Gasteiger partial charge < -0.3 is 5.11 Å². The number of carbonyl (C=O) groups is 1. The number of nitrogens with zero attached hydrogens (tertiary/aromatic N) is 3. The normalized spacial score (nSPS) is 12.7. The zero-order chi connectivity index (χ0) is 35.3. The van der Waals surface area contributed by atoms with Gasteiger partial charge in [-0.3, -0.25) is 4.79 Å². The third-order valence-electron chi connectivity index (χ3n) is 9.22. The molecule has 3 aromatic heterocycles. The van der Waals surface area contributed by atoms with Crippen molar-refractivity contribution in [3.8, 4) is 11.3 Å². The van der Waals surface area contributed by atoms with E-state index in [9.17, 15) is 9.90 Å². The summed E-state index contributed by atoms with van der Waals surface area (Å²) in [7, 11) is 0. The van der Waals surface area contributed by atoms with E-state index < -0.39 is 13.3 Å². The zero-order valence-corrected chi connectivity index (χ0v) is 35.3. The molecule has 0 saturated carbocycles. The van der Waals surface area contributed by atoms with Gasteiger partial charge in [-0.2, -0.15) is 0 Å². The van der Waals surface area contributed by atoms with E-state index in [1.807, 2.05) is 73.6 Å². The van der Waals surface area contributed by atoms with Crippen molar-refractivity contribution in [3.05, 3.63) is 83.5 Å². The van der Waals surface area contributed by atoms with Crippen LogP contribution < -0.4 is 4.40 Å². The van der Waals surface area contributed by atoms with E-state index in [-0.39, 0.29) is 42.5 Å². The molecule has 3 heterocycles. The Hall–Kier alpha value is -3.39. The molecule has 6 aromatic rings. The summed E-state index contributed by atoms with van der Waals surface area (Å²) < 4.78 is 7.79. The van der Waals surface area contributed by atoms with Gasteiger partial charge in [0.1, 0.15) is 5.76 Å². The van der Waals surface area contributed by atoms with Gasteiger partial charge in [0.05, 0.1) is 0 Å². The van der Waals surface area contributed by atoms with Crippen molar-refractivity contribution < 1.29 is 34.4 Å². The summed E-state index contributed by atoms with van der Waals surface area (Å²) in [6.45, 7) is 17.5. The van der Waals surface area contributed by atoms with Gasteiger partial charge in [0, 0.05) is 42.7 Å². The summed E-state index contributed by atoms with van der Waals surface area (Å²) in [5.74, 6) is 8.20. The van der Waals surface area contributed by atoms with E-state index >= 15 is 0 Å². The van der Waals surface area contributed by atoms with Gasteiger partial charge in [-0.15, -0.1) is 0 Å². The van der Waals surface area contributed by atoms with Crippen LogP contribution in [0.1, 0.15) is 65.0 Å². The number of benzene rings is 3. The Bertz CT molecular complexity index is 2240. The average molecular weight is 896 g/mol. The van der Waals surface area contributed by atoms with E-state index in [0.717, 1.165) is 56.5 Å². The first-order valence-corrected chi connectivity index (χ1v) is 24.0. The molecule has 49 heavy (non-hydrogen) atoms. The molecule has 0 unspecified atom stereocenters. The SMILES string of the molecule is CCC(C)(C)C(=O)/C=C(\O)C(C)(C)C.Cc1ccc2c(n1)oc1c(-c3nc(C)nc4c3ccc3c[c]([Ge]([CH3])([CH3])[CH3])cc(C)c34)[c-]ccc12.[Ir]. The minimum atomic E-state index is -1.96. The Balaban J connectivity index is 0.000000309. The number of hydrogen-bond acceptors (Lipinski definition) is 6. The van der Waals surface area contributed by atoms with Crippen LogP contribution >= 0.6 is 0 Å². The molecule has 8 heteroatoms. The fourth-order valence-corrected chi connectivity index (χ4v) is 8.19. The van der Waals surface area contributed by atoms with Gasteiger partial charge in [-0.1, -0.05) is 41.5 Å². The van der Waals surface area contributed by atoms with Crippen LogP contribution in [0.5, 0.6) is 0 Å². The van der Waals surface area contributed by atoms with Gasteiger partial charge in [0.25, 0.3) is 0 Å². The molecule has 0 fully saturated rings. The fourth-order valence-electron chi connectivity index (χ4n) is 5.60. The number of rotatable bonds is 5. The number of ketones is 1. The van der Waals surface area contributed by atoms with Gasteiger partial charge in [-0.05, 0) is 19.4 Å². The molecular weight excluding hydrogens is 847 g/mol. The Labute approximate surface area is 306 Å². The predicted molar refractivity (Wildman–Crippen MR) is 203 cm³/mol. The maximum Gasteiger partial charge on any atom is 0 e. The number of furan rings is 1. The largest absolute Gasteiger partial charge is 0 e. The topological polar surface area (TPSA) is 89.1 Å². The molecule has 1 radical (unpaired) electrons. The van der Waals surface area contributed by atoms with E-state index in [0.29, 0.717) is 5.71 Å². The minimum Gasteiger partial charge on any atom is 0 e. The first-order valence-electron chi connectivity index (χ1n) is 16.7. The summed E-state index contributed by atoms with van der Waals surface area (Å²) >= 11 is -1.96. The summed E-state index contributed by atoms with van der Waals surface area (Å²) in [5, 5.41) is 15.2. The van der Waals surface area contributed by atoms with Gasteiger partial charge in [0.2, 0.25) is 0 Å². The Morgan fingerprint density at radius 3 is 2.22 bits per heavy atom. The van der Waals surface area contributed by atoms with Crippen molar-refractivity contribution >= 4 is 67.2 Å². The third kappa shape index (κ3) is 7.85. The predicted octanol–water partition coefficient (Wildman–Crippen LogP) is 10.5. The summed E-state index contributed by atoms with van der Waals surface area (Å²) in [5.41, 5.74) is 5.58. The van der Waals surface area contributed by atoms with Crippen LogP contribution in [0.4, 0.5) is 0 Å². The maximum absolute atomic E-state index is 11.7. The van der Waals surface area contributed by atoms with Crippen molar-refractivity contribution in [1.29, 1.82) is 0 Å². The molecule has 1 N–H and O–H groups in total. The first-order chi connectivity index (χ1) is 22.3. The summed E-state index contributed by atoms with van der Waals surface area (Å²) in [6.07, 6.45) is 2.14. The number of aliphatic hydroxyl groups excluding tert-OH is 1. The van der Waals surface area contributed by atoms with Crippen LogP contribution in [0.2, 0.25) is 17.3 Å². The monoisotopic (exact) mass is 897 g/mol. The van der Waals surface area contributed by atoms with Crippen molar-refractivity contribution in [2.45, 2.75) is 86.0 Å². The molecule has 6 rings (SSSR count). The van der Waals surface area contributed by atoms with Crippen LogP contribution in [0, 0.1) is 37.7 Å². The molecule has 0 bridgehead atoms. The molecule has 0 spiro atoms. The smallest absolute Gasteiger partial charge is 0 e. The van der Waals surface area contributed by atoms with Crippen LogP contribution in [0.3, 0.4) is 0 Å². The van der Waals surface area contributed by atoms with E-state index in [4.69, 9.17) is 14.4 Å². The molecule has 259 valence electrons. The number of aliphatic hydroxyl groups is 1. The molecule has 0 atom stereocenters. The van der Waals surface area contributed by atoms with E-state index in [1.54, 1.807) is 0 Å². The van der Waals surface area contributed by atoms with E-state index in [2.05, 4.69) is 65.6 Å². The quantitative estimate of drug-likeness (QED) is 0.0610. The molecule has 3 aromatic carbocycles. The molecule has 0 saturated heterocycles. The maximum atomic E-state index is 11.7. The van der Waals surface area contributed by atoms with Gasteiger partial charge in [0.15, 0.2) is 5.78 Å². The molecular formula is C41H48GeIrN3O3-. The number of fused-ring (bicyclic) bond motifs is 6. The van der Waals surface area contributed by atoms with Crippen molar-refractivity contribution in [3.63, 3.8) is 0 Å². The number of pyridine rings is 1. The summed E-state index contributed by atoms with van der Waals surface area (Å²) in [4.78, 5) is 26.1. The second kappa shape index (κ2) is 14.1. The second-order valence-corrected chi connectivity index (χ2v) is 26.3. The van der Waals surface area contributed by atoms with Crippen molar-refractivity contribution in [2.75, 3.05) is 0 Å². The number of aromatic nitrogens is 3. The van der Waals surface area contributed by atoms with Crippen LogP contribution in [-0.4, -0.2) is 39.1 Å². The Kier molecular flexibility index (Phi) is 11.0. The number of allylic oxidation sites excluding steroid dienone is 2. The van der Waals surface area contributed by atoms with Crippen LogP contribution in [0.15, 0.2) is 64.8 Å². The molecule has 0 aliphatic carbocycles. The first kappa shape index (κ1) is 38.4. The van der Waals surface area contributed by atoms with Crippen molar-refractivity contribution in [1.82, 2.24) is 15.0 Å². The zero-order valence-electron chi connectivity index (χ0n) is 30.8. The number of carbonyl (C=O) groups excluding carboxylic acids is 1. The molecule has 0 aliphatic heterocycles. The number of hydrogen-bond donors (Lipinski definition) is 1. The Morgan fingerprint density at radius 2 is 1.59 bits per heavy atom. The molecule has 6 nitrogen and oxygen atoms in total. The molecule has 0 aliphatic rings. The standard InChI is InChI=1S/C29H26GeN3O.C12H22O2.Ir/c1-16-14-20(30(4,5)6)15-19-11-13-23-26(32-18(3)33-27(23)25(16)19)24-9-7-8-21-22-12-10-17(2)31-29(22)34-28(21)24;1-7-12(5,6)10(14)8-9(13)11(2,3)4;/h7-8,10-15H,1-6H3;8,13H,7H2,1-6H3;/q-1;;/b;9-8-;. The Morgan fingerprint density at radius 1 is 0.918 bits per heavy atom. The summed E-state index contributed by atoms with van der Waals surface area (Å²) in [6, 6.07) is 20.6. The number of aryl methyl sites for hydroxylation is 3. The second-order valence-electron chi connectivity index (χ2n) is 15.6. The van der Waals surface area contributed by atoms with E-state index in [1.165, 1.54) is 26.8 Å². The minimum absolute atomic E-state index is 0. The van der Waals surface area contributed by atoms with Crippen molar-refractivity contribution in [2.24, 2.45) is 10.8 Å².